The fourth-order valence-electron chi connectivity index (χ4n) is 1.84. The van der Waals surface area contributed by atoms with Crippen LogP contribution in [0.4, 0.5) is 9.18 Å². The van der Waals surface area contributed by atoms with Crippen LogP contribution < -0.4 is 5.32 Å². The average molecular weight is 318 g/mol. The number of ether oxygens (including phenoxy) is 1. The van der Waals surface area contributed by atoms with Gasteiger partial charge in [-0.2, -0.15) is 0 Å². The molecule has 1 amide bonds. The van der Waals surface area contributed by atoms with E-state index >= 15 is 0 Å². The number of carbonyl (C=O) groups is 1. The highest BCUT2D eigenvalue weighted by atomic mass is 79.9. The summed E-state index contributed by atoms with van der Waals surface area (Å²) < 4.78 is 19.7. The smallest absolute Gasteiger partial charge is 0.404 e. The lowest BCUT2D eigenvalue weighted by Gasteiger charge is -2.34. The first-order valence-electron chi connectivity index (χ1n) is 5.59. The topological polar surface area (TPSA) is 58.6 Å². The number of benzene rings is 1. The molecule has 0 spiro atoms. The van der Waals surface area contributed by atoms with Gasteiger partial charge in [-0.05, 0) is 25.0 Å². The van der Waals surface area contributed by atoms with Crippen LogP contribution in [-0.4, -0.2) is 23.3 Å². The number of rotatable bonds is 4. The van der Waals surface area contributed by atoms with Crippen LogP contribution in [0.25, 0.3) is 0 Å². The summed E-state index contributed by atoms with van der Waals surface area (Å²) in [6, 6.07) is 4.79. The summed E-state index contributed by atoms with van der Waals surface area (Å²) in [5.41, 5.74) is 0.507. The molecule has 2 N–H and O–H groups in total. The standard InChI is InChI=1S/C12H13BrFNO3/c13-8-2-1-7(11(14)3-8)6-18-10-4-9(5-10)15-12(16)17/h1-3,9-10,15H,4-6H2,(H,16,17). The van der Waals surface area contributed by atoms with E-state index in [-0.39, 0.29) is 24.6 Å². The van der Waals surface area contributed by atoms with E-state index in [1.165, 1.54) is 6.07 Å². The molecule has 0 heterocycles. The molecule has 0 bridgehead atoms. The van der Waals surface area contributed by atoms with E-state index in [0.717, 1.165) is 0 Å². The molecule has 1 aromatic rings. The van der Waals surface area contributed by atoms with Gasteiger partial charge in [0.1, 0.15) is 5.82 Å². The minimum absolute atomic E-state index is 0.00453. The molecular weight excluding hydrogens is 305 g/mol. The number of amides is 1. The Hall–Kier alpha value is -1.14. The largest absolute Gasteiger partial charge is 0.465 e. The third kappa shape index (κ3) is 3.43. The van der Waals surface area contributed by atoms with Gasteiger partial charge in [0.05, 0.1) is 12.7 Å². The van der Waals surface area contributed by atoms with E-state index in [1.54, 1.807) is 12.1 Å². The lowest BCUT2D eigenvalue weighted by atomic mass is 9.89. The van der Waals surface area contributed by atoms with Crippen molar-refractivity contribution in [3.8, 4) is 0 Å². The predicted octanol–water partition coefficient (Wildman–Crippen LogP) is 2.90. The fraction of sp³-hybridized carbons (Fsp3) is 0.417. The molecule has 2 rings (SSSR count). The highest BCUT2D eigenvalue weighted by Gasteiger charge is 2.31. The Kier molecular flexibility index (Phi) is 4.19. The molecule has 1 fully saturated rings. The van der Waals surface area contributed by atoms with Crippen molar-refractivity contribution < 1.29 is 19.0 Å². The fourth-order valence-corrected chi connectivity index (χ4v) is 2.17. The first-order valence-corrected chi connectivity index (χ1v) is 6.39. The van der Waals surface area contributed by atoms with Crippen molar-refractivity contribution >= 4 is 22.0 Å². The maximum Gasteiger partial charge on any atom is 0.404 e. The second-order valence-electron chi connectivity index (χ2n) is 4.29. The van der Waals surface area contributed by atoms with E-state index in [1.807, 2.05) is 0 Å². The number of halogens is 2. The lowest BCUT2D eigenvalue weighted by Crippen LogP contribution is -2.47. The van der Waals surface area contributed by atoms with Gasteiger partial charge in [-0.25, -0.2) is 9.18 Å². The molecule has 0 aliphatic heterocycles. The lowest BCUT2D eigenvalue weighted by molar-refractivity contribution is -0.0261. The molecule has 1 aromatic carbocycles. The Morgan fingerprint density at radius 2 is 2.28 bits per heavy atom. The molecule has 0 atom stereocenters. The van der Waals surface area contributed by atoms with Crippen LogP contribution in [0.1, 0.15) is 18.4 Å². The van der Waals surface area contributed by atoms with Crippen LogP contribution >= 0.6 is 15.9 Å². The molecule has 0 saturated heterocycles. The van der Waals surface area contributed by atoms with Crippen LogP contribution in [-0.2, 0) is 11.3 Å². The molecular formula is C12H13BrFNO3. The molecule has 4 nitrogen and oxygen atoms in total. The zero-order valence-electron chi connectivity index (χ0n) is 9.53. The molecule has 1 saturated carbocycles. The normalized spacial score (nSPS) is 22.3. The third-order valence-corrected chi connectivity index (χ3v) is 3.41. The van der Waals surface area contributed by atoms with Crippen molar-refractivity contribution in [2.45, 2.75) is 31.6 Å². The molecule has 6 heteroatoms. The number of carboxylic acid groups (broad SMARTS) is 1. The summed E-state index contributed by atoms with van der Waals surface area (Å²) in [4.78, 5) is 10.4. The van der Waals surface area contributed by atoms with Gasteiger partial charge < -0.3 is 15.2 Å². The van der Waals surface area contributed by atoms with Crippen molar-refractivity contribution in [2.75, 3.05) is 0 Å². The van der Waals surface area contributed by atoms with Crippen molar-refractivity contribution in [1.82, 2.24) is 5.32 Å². The minimum atomic E-state index is -1.02. The highest BCUT2D eigenvalue weighted by Crippen LogP contribution is 2.25. The Morgan fingerprint density at radius 1 is 1.56 bits per heavy atom. The van der Waals surface area contributed by atoms with Crippen molar-refractivity contribution in [2.24, 2.45) is 0 Å². The van der Waals surface area contributed by atoms with Crippen molar-refractivity contribution in [1.29, 1.82) is 0 Å². The summed E-state index contributed by atoms with van der Waals surface area (Å²) in [5.74, 6) is -0.302. The predicted molar refractivity (Wildman–Crippen MR) is 66.9 cm³/mol. The van der Waals surface area contributed by atoms with Gasteiger partial charge in [0, 0.05) is 16.1 Å². The van der Waals surface area contributed by atoms with Gasteiger partial charge in [0.2, 0.25) is 0 Å². The second kappa shape index (κ2) is 5.67. The van der Waals surface area contributed by atoms with Crippen molar-refractivity contribution in [3.05, 3.63) is 34.1 Å². The maximum absolute atomic E-state index is 13.5. The summed E-state index contributed by atoms with van der Waals surface area (Å²) in [6.07, 6.45) is 0.275. The van der Waals surface area contributed by atoms with Crippen molar-refractivity contribution in [3.63, 3.8) is 0 Å². The highest BCUT2D eigenvalue weighted by molar-refractivity contribution is 9.10. The molecule has 18 heavy (non-hydrogen) atoms. The van der Waals surface area contributed by atoms with Gasteiger partial charge in [0.25, 0.3) is 0 Å². The van der Waals surface area contributed by atoms with Crippen LogP contribution in [0.3, 0.4) is 0 Å². The maximum atomic E-state index is 13.5. The van der Waals surface area contributed by atoms with Crippen LogP contribution in [0.5, 0.6) is 0 Å². The van der Waals surface area contributed by atoms with Gasteiger partial charge >= 0.3 is 6.09 Å². The van der Waals surface area contributed by atoms with E-state index in [2.05, 4.69) is 21.2 Å². The second-order valence-corrected chi connectivity index (χ2v) is 5.20. The van der Waals surface area contributed by atoms with E-state index < -0.39 is 6.09 Å². The molecule has 1 aliphatic carbocycles. The van der Waals surface area contributed by atoms with E-state index in [0.29, 0.717) is 22.9 Å². The number of hydrogen-bond acceptors (Lipinski definition) is 2. The van der Waals surface area contributed by atoms with Crippen LogP contribution in [0.15, 0.2) is 22.7 Å². The Balaban J connectivity index is 1.75. The Labute approximate surface area is 112 Å². The van der Waals surface area contributed by atoms with E-state index in [4.69, 9.17) is 9.84 Å². The van der Waals surface area contributed by atoms with Gasteiger partial charge in [0.15, 0.2) is 0 Å². The Bertz CT molecular complexity index is 449. The third-order valence-electron chi connectivity index (χ3n) is 2.91. The molecule has 1 aliphatic rings. The van der Waals surface area contributed by atoms with Crippen LogP contribution in [0, 0.1) is 5.82 Å². The van der Waals surface area contributed by atoms with Gasteiger partial charge in [-0.15, -0.1) is 0 Å². The summed E-state index contributed by atoms with van der Waals surface area (Å²) in [5, 5.41) is 10.9. The minimum Gasteiger partial charge on any atom is -0.465 e. The first kappa shape index (κ1) is 13.3. The first-order chi connectivity index (χ1) is 8.54. The summed E-state index contributed by atoms with van der Waals surface area (Å²) >= 11 is 3.19. The molecule has 0 radical (unpaired) electrons. The van der Waals surface area contributed by atoms with Crippen LogP contribution in [0.2, 0.25) is 0 Å². The summed E-state index contributed by atoms with van der Waals surface area (Å²) in [7, 11) is 0. The summed E-state index contributed by atoms with van der Waals surface area (Å²) in [6.45, 7) is 0.212. The molecule has 98 valence electrons. The van der Waals surface area contributed by atoms with Gasteiger partial charge in [-0.3, -0.25) is 0 Å². The number of nitrogens with one attached hydrogen (secondary N) is 1. The van der Waals surface area contributed by atoms with E-state index in [9.17, 15) is 9.18 Å². The average Bonchev–Trinajstić information content (AvgIpc) is 2.23. The number of hydrogen-bond donors (Lipinski definition) is 2. The monoisotopic (exact) mass is 317 g/mol. The SMILES string of the molecule is O=C(O)NC1CC(OCc2ccc(Br)cc2F)C1. The quantitative estimate of drug-likeness (QED) is 0.897. The molecule has 0 unspecified atom stereocenters. The molecule has 0 aromatic heterocycles. The zero-order chi connectivity index (χ0) is 13.1. The zero-order valence-corrected chi connectivity index (χ0v) is 11.1. The van der Waals surface area contributed by atoms with Gasteiger partial charge in [-0.1, -0.05) is 22.0 Å². The Morgan fingerprint density at radius 3 is 2.89 bits per heavy atom.